The molecular weight excluding hydrogens is 366 g/mol. The lowest BCUT2D eigenvalue weighted by Gasteiger charge is -2.08. The molecule has 28 heavy (non-hydrogen) atoms. The molecule has 0 fully saturated rings. The molecule has 0 saturated carbocycles. The third kappa shape index (κ3) is 3.89. The second-order valence-corrected chi connectivity index (χ2v) is 7.65. The van der Waals surface area contributed by atoms with Crippen LogP contribution in [0.3, 0.4) is 0 Å². The van der Waals surface area contributed by atoms with Crippen LogP contribution < -0.4 is 4.80 Å². The quantitative estimate of drug-likeness (QED) is 0.330. The van der Waals surface area contributed by atoms with Gasteiger partial charge in [-0.1, -0.05) is 72.0 Å². The Morgan fingerprint density at radius 2 is 1.68 bits per heavy atom. The molecule has 0 N–H and O–H groups in total. The first-order chi connectivity index (χ1) is 13.7. The third-order valence-electron chi connectivity index (χ3n) is 4.50. The minimum Gasteiger partial charge on any atom is -0.467 e. The van der Waals surface area contributed by atoms with Crippen molar-refractivity contribution in [1.29, 1.82) is 0 Å². The molecule has 4 nitrogen and oxygen atoms in total. The molecule has 2 aromatic heterocycles. The zero-order valence-corrected chi connectivity index (χ0v) is 16.7. The van der Waals surface area contributed by atoms with Gasteiger partial charge in [0.05, 0.1) is 24.2 Å². The van der Waals surface area contributed by atoms with Gasteiger partial charge < -0.3 is 8.98 Å². The van der Waals surface area contributed by atoms with Gasteiger partial charge in [0.15, 0.2) is 0 Å². The largest absolute Gasteiger partial charge is 0.467 e. The van der Waals surface area contributed by atoms with E-state index in [0.29, 0.717) is 6.54 Å². The number of hydrogen-bond donors (Lipinski definition) is 0. The number of hydrogen-bond acceptors (Lipinski definition) is 4. The maximum absolute atomic E-state index is 5.59. The van der Waals surface area contributed by atoms with E-state index < -0.39 is 0 Å². The summed E-state index contributed by atoms with van der Waals surface area (Å²) in [6.07, 6.45) is 1.70. The number of thiazole rings is 1. The lowest BCUT2D eigenvalue weighted by Crippen LogP contribution is -2.16. The van der Waals surface area contributed by atoms with E-state index >= 15 is 0 Å². The first-order valence-corrected chi connectivity index (χ1v) is 9.96. The van der Waals surface area contributed by atoms with Gasteiger partial charge in [0, 0.05) is 4.88 Å². The monoisotopic (exact) mass is 387 g/mol. The van der Waals surface area contributed by atoms with Crippen molar-refractivity contribution in [3.8, 4) is 11.3 Å². The van der Waals surface area contributed by atoms with Crippen molar-refractivity contribution in [2.75, 3.05) is 0 Å². The SMILES string of the molecule is C/C(=N/N=c1/sc(C)c(-c2ccccc2)n1Cc1ccco1)c1ccccc1. The summed E-state index contributed by atoms with van der Waals surface area (Å²) < 4.78 is 7.77. The smallest absolute Gasteiger partial charge is 0.211 e. The Balaban J connectivity index is 1.83. The van der Waals surface area contributed by atoms with E-state index in [-0.39, 0.29) is 0 Å². The Bertz CT molecular complexity index is 1140. The van der Waals surface area contributed by atoms with Crippen LogP contribution in [0.1, 0.15) is 23.1 Å². The van der Waals surface area contributed by atoms with Crippen molar-refractivity contribution in [2.24, 2.45) is 10.2 Å². The minimum absolute atomic E-state index is 0.611. The molecule has 0 saturated heterocycles. The molecule has 0 spiro atoms. The molecule has 2 heterocycles. The highest BCUT2D eigenvalue weighted by atomic mass is 32.1. The molecule has 0 atom stereocenters. The normalized spacial score (nSPS) is 12.5. The third-order valence-corrected chi connectivity index (χ3v) is 5.48. The van der Waals surface area contributed by atoms with E-state index in [1.165, 1.54) is 4.88 Å². The van der Waals surface area contributed by atoms with E-state index in [0.717, 1.165) is 33.1 Å². The fourth-order valence-electron chi connectivity index (χ4n) is 3.12. The standard InChI is InChI=1S/C23H21N3OS/c1-17(19-10-5-3-6-11-19)24-25-23-26(16-21-14-9-15-27-21)22(18(2)28-23)20-12-7-4-8-13-20/h3-15H,16H2,1-2H3/b24-17-,25-23+. The van der Waals surface area contributed by atoms with E-state index in [1.54, 1.807) is 17.6 Å². The summed E-state index contributed by atoms with van der Waals surface area (Å²) in [5, 5.41) is 9.10. The van der Waals surface area contributed by atoms with Crippen LogP contribution in [0.4, 0.5) is 0 Å². The molecule has 2 aromatic carbocycles. The zero-order chi connectivity index (χ0) is 19.3. The molecule has 0 radical (unpaired) electrons. The van der Waals surface area contributed by atoms with Crippen molar-refractivity contribution in [3.05, 3.63) is 100 Å². The number of benzene rings is 2. The lowest BCUT2D eigenvalue weighted by molar-refractivity contribution is 0.491. The molecule has 0 aliphatic carbocycles. The summed E-state index contributed by atoms with van der Waals surface area (Å²) in [5.74, 6) is 0.889. The van der Waals surface area contributed by atoms with Crippen molar-refractivity contribution >= 4 is 17.0 Å². The van der Waals surface area contributed by atoms with Crippen molar-refractivity contribution in [3.63, 3.8) is 0 Å². The first-order valence-electron chi connectivity index (χ1n) is 9.14. The average Bonchev–Trinajstić information content (AvgIpc) is 3.35. The maximum Gasteiger partial charge on any atom is 0.211 e. The van der Waals surface area contributed by atoms with Crippen molar-refractivity contribution < 1.29 is 4.42 Å². The Hall–Kier alpha value is -3.18. The Labute approximate surface area is 168 Å². The van der Waals surface area contributed by atoms with Crippen molar-refractivity contribution in [2.45, 2.75) is 20.4 Å². The molecule has 0 aliphatic rings. The second kappa shape index (κ2) is 8.23. The molecule has 0 bridgehead atoms. The minimum atomic E-state index is 0.611. The molecular formula is C23H21N3OS. The average molecular weight is 388 g/mol. The van der Waals surface area contributed by atoms with E-state index in [9.17, 15) is 0 Å². The molecule has 0 amide bonds. The molecule has 0 aliphatic heterocycles. The van der Waals surface area contributed by atoms with Gasteiger partial charge in [-0.05, 0) is 37.1 Å². The van der Waals surface area contributed by atoms with Crippen LogP contribution in [0.2, 0.25) is 0 Å². The van der Waals surface area contributed by atoms with Crippen LogP contribution >= 0.6 is 11.3 Å². The molecule has 4 aromatic rings. The van der Waals surface area contributed by atoms with Gasteiger partial charge in [0.2, 0.25) is 4.80 Å². The summed E-state index contributed by atoms with van der Waals surface area (Å²) in [4.78, 5) is 2.05. The highest BCUT2D eigenvalue weighted by Gasteiger charge is 2.14. The fraction of sp³-hybridized carbons (Fsp3) is 0.130. The van der Waals surface area contributed by atoms with Crippen LogP contribution in [-0.2, 0) is 6.54 Å². The summed E-state index contributed by atoms with van der Waals surface area (Å²) in [7, 11) is 0. The predicted molar refractivity (Wildman–Crippen MR) is 115 cm³/mol. The zero-order valence-electron chi connectivity index (χ0n) is 15.9. The summed E-state index contributed by atoms with van der Waals surface area (Å²) in [6.45, 7) is 4.72. The van der Waals surface area contributed by atoms with Gasteiger partial charge >= 0.3 is 0 Å². The predicted octanol–water partition coefficient (Wildman–Crippen LogP) is 5.49. The van der Waals surface area contributed by atoms with E-state index in [4.69, 9.17) is 4.42 Å². The lowest BCUT2D eigenvalue weighted by atomic mass is 10.1. The van der Waals surface area contributed by atoms with Gasteiger partial charge in [-0.3, -0.25) is 0 Å². The topological polar surface area (TPSA) is 42.8 Å². The van der Waals surface area contributed by atoms with E-state index in [1.807, 2.05) is 55.5 Å². The van der Waals surface area contributed by atoms with Crippen LogP contribution in [0.25, 0.3) is 11.3 Å². The highest BCUT2D eigenvalue weighted by Crippen LogP contribution is 2.26. The Morgan fingerprint density at radius 1 is 0.964 bits per heavy atom. The van der Waals surface area contributed by atoms with Gasteiger partial charge in [-0.2, -0.15) is 5.10 Å². The molecule has 5 heteroatoms. The second-order valence-electron chi connectivity index (χ2n) is 6.47. The number of furan rings is 1. The highest BCUT2D eigenvalue weighted by molar-refractivity contribution is 7.09. The molecule has 4 rings (SSSR count). The van der Waals surface area contributed by atoms with Gasteiger partial charge in [0.25, 0.3) is 0 Å². The summed E-state index contributed by atoms with van der Waals surface area (Å²) in [5.41, 5.74) is 4.26. The van der Waals surface area contributed by atoms with Gasteiger partial charge in [-0.15, -0.1) is 5.10 Å². The van der Waals surface area contributed by atoms with Gasteiger partial charge in [-0.25, -0.2) is 0 Å². The van der Waals surface area contributed by atoms with Crippen molar-refractivity contribution in [1.82, 2.24) is 4.57 Å². The van der Waals surface area contributed by atoms with Crippen LogP contribution in [0, 0.1) is 6.92 Å². The van der Waals surface area contributed by atoms with Crippen LogP contribution in [0.15, 0.2) is 93.7 Å². The maximum atomic E-state index is 5.59. The number of nitrogens with zero attached hydrogens (tertiary/aromatic N) is 3. The van der Waals surface area contributed by atoms with E-state index in [2.05, 4.69) is 46.0 Å². The number of rotatable bonds is 5. The van der Waals surface area contributed by atoms with Crippen LogP contribution in [0.5, 0.6) is 0 Å². The first kappa shape index (κ1) is 18.2. The summed E-state index contributed by atoms with van der Waals surface area (Å²) >= 11 is 1.64. The summed E-state index contributed by atoms with van der Waals surface area (Å²) in [6, 6.07) is 24.4. The fourth-order valence-corrected chi connectivity index (χ4v) is 4.06. The van der Waals surface area contributed by atoms with Crippen LogP contribution in [-0.4, -0.2) is 10.3 Å². The molecule has 0 unspecified atom stereocenters. The Kier molecular flexibility index (Phi) is 5.35. The van der Waals surface area contributed by atoms with Gasteiger partial charge in [0.1, 0.15) is 5.76 Å². The number of aryl methyl sites for hydroxylation is 1. The molecule has 140 valence electrons. The number of aromatic nitrogens is 1. The Morgan fingerprint density at radius 3 is 2.36 bits per heavy atom.